The minimum atomic E-state index is 0.0256. The molecule has 1 aliphatic heterocycles. The third-order valence-corrected chi connectivity index (χ3v) is 4.83. The molecular weight excluding hydrogens is 310 g/mol. The van der Waals surface area contributed by atoms with Crippen LogP contribution in [0.2, 0.25) is 0 Å². The molecule has 3 heterocycles. The van der Waals surface area contributed by atoms with E-state index in [-0.39, 0.29) is 11.0 Å². The van der Waals surface area contributed by atoms with Crippen molar-refractivity contribution in [2.24, 2.45) is 0 Å². The van der Waals surface area contributed by atoms with Crippen LogP contribution >= 0.6 is 15.9 Å². The Morgan fingerprint density at radius 3 is 2.79 bits per heavy atom. The maximum Gasteiger partial charge on any atom is 0.278 e. The molecule has 2 aromatic heterocycles. The Morgan fingerprint density at radius 2 is 2.00 bits per heavy atom. The molecule has 4 rings (SSSR count). The average Bonchev–Trinajstić information content (AvgIpc) is 2.93. The fraction of sp³-hybridized carbons (Fsp3) is 0.583. The summed E-state index contributed by atoms with van der Waals surface area (Å²) in [5.41, 5.74) is 1.93. The van der Waals surface area contributed by atoms with Gasteiger partial charge in [-0.25, -0.2) is 4.98 Å². The fourth-order valence-corrected chi connectivity index (χ4v) is 3.87. The number of aromatic amines is 1. The van der Waals surface area contributed by atoms with E-state index in [1.807, 2.05) is 0 Å². The first kappa shape index (κ1) is 11.6. The molecular formula is C12H14BrN5O. The molecule has 100 valence electrons. The van der Waals surface area contributed by atoms with Crippen molar-refractivity contribution in [3.63, 3.8) is 0 Å². The lowest BCUT2D eigenvalue weighted by atomic mass is 9.75. The van der Waals surface area contributed by atoms with Gasteiger partial charge in [0.05, 0.1) is 5.69 Å². The molecule has 1 saturated heterocycles. The van der Waals surface area contributed by atoms with Crippen LogP contribution in [-0.4, -0.2) is 32.7 Å². The second-order valence-corrected chi connectivity index (χ2v) is 6.17. The molecule has 0 atom stereocenters. The molecule has 2 aromatic rings. The Labute approximate surface area is 117 Å². The molecule has 1 aliphatic carbocycles. The number of fused-ring (bicyclic) bond motifs is 3. The van der Waals surface area contributed by atoms with Crippen LogP contribution in [0, 0.1) is 0 Å². The summed E-state index contributed by atoms with van der Waals surface area (Å²) in [6.45, 7) is 1.96. The molecule has 2 aliphatic rings. The van der Waals surface area contributed by atoms with E-state index in [2.05, 4.69) is 36.3 Å². The summed E-state index contributed by atoms with van der Waals surface area (Å²) in [6.07, 6.45) is 3.99. The second kappa shape index (κ2) is 3.89. The zero-order valence-corrected chi connectivity index (χ0v) is 12.0. The standard InChI is InChI=1S/C12H14BrN5O/c13-10-16-11-15-7-1-2-12(3-5-14-6-4-12)8(7)9(19)18(11)17-10/h14H,1-6H2,(H,15,16,17). The third kappa shape index (κ3) is 1.54. The number of piperidine rings is 1. The van der Waals surface area contributed by atoms with E-state index in [1.54, 1.807) is 0 Å². The number of aromatic nitrogens is 4. The summed E-state index contributed by atoms with van der Waals surface area (Å²) in [5, 5.41) is 6.28. The Balaban J connectivity index is 2.00. The molecule has 0 bridgehead atoms. The summed E-state index contributed by atoms with van der Waals surface area (Å²) in [6, 6.07) is 0. The highest BCUT2D eigenvalue weighted by Gasteiger charge is 2.43. The number of rotatable bonds is 0. The molecule has 0 saturated carbocycles. The molecule has 0 unspecified atom stereocenters. The van der Waals surface area contributed by atoms with Crippen molar-refractivity contribution in [1.29, 1.82) is 0 Å². The Bertz CT molecular complexity index is 713. The minimum absolute atomic E-state index is 0.0256. The highest BCUT2D eigenvalue weighted by molar-refractivity contribution is 9.10. The summed E-state index contributed by atoms with van der Waals surface area (Å²) < 4.78 is 2.00. The smallest absolute Gasteiger partial charge is 0.278 e. The van der Waals surface area contributed by atoms with Gasteiger partial charge in [0, 0.05) is 11.0 Å². The van der Waals surface area contributed by atoms with Crippen LogP contribution in [0.25, 0.3) is 5.78 Å². The van der Waals surface area contributed by atoms with Crippen LogP contribution in [0.5, 0.6) is 0 Å². The van der Waals surface area contributed by atoms with Gasteiger partial charge in [-0.1, -0.05) is 0 Å². The van der Waals surface area contributed by atoms with Crippen molar-refractivity contribution in [2.45, 2.75) is 31.1 Å². The summed E-state index contributed by atoms with van der Waals surface area (Å²) in [4.78, 5) is 21.5. The van der Waals surface area contributed by atoms with Gasteiger partial charge in [-0.05, 0) is 54.7 Å². The van der Waals surface area contributed by atoms with Gasteiger partial charge in [-0.2, -0.15) is 9.50 Å². The van der Waals surface area contributed by atoms with Gasteiger partial charge >= 0.3 is 0 Å². The molecule has 0 aromatic carbocycles. The van der Waals surface area contributed by atoms with Crippen LogP contribution in [0.1, 0.15) is 30.5 Å². The van der Waals surface area contributed by atoms with Crippen molar-refractivity contribution in [3.8, 4) is 0 Å². The topological polar surface area (TPSA) is 75.1 Å². The Kier molecular flexibility index (Phi) is 2.38. The monoisotopic (exact) mass is 323 g/mol. The minimum Gasteiger partial charge on any atom is -0.317 e. The molecule has 6 nitrogen and oxygen atoms in total. The largest absolute Gasteiger partial charge is 0.317 e. The van der Waals surface area contributed by atoms with Gasteiger partial charge in [-0.15, -0.1) is 0 Å². The predicted octanol–water partition coefficient (Wildman–Crippen LogP) is 0.747. The van der Waals surface area contributed by atoms with E-state index < -0.39 is 0 Å². The van der Waals surface area contributed by atoms with Crippen molar-refractivity contribution in [3.05, 3.63) is 26.3 Å². The maximum atomic E-state index is 12.7. The first-order valence-electron chi connectivity index (χ1n) is 6.58. The first-order chi connectivity index (χ1) is 9.20. The Morgan fingerprint density at radius 1 is 1.21 bits per heavy atom. The van der Waals surface area contributed by atoms with E-state index in [1.165, 1.54) is 4.52 Å². The van der Waals surface area contributed by atoms with E-state index >= 15 is 0 Å². The second-order valence-electron chi connectivity index (χ2n) is 5.42. The molecule has 1 spiro atoms. The molecule has 2 N–H and O–H groups in total. The lowest BCUT2D eigenvalue weighted by Crippen LogP contribution is -2.42. The lowest BCUT2D eigenvalue weighted by molar-refractivity contribution is 0.304. The van der Waals surface area contributed by atoms with Gasteiger partial charge in [0.1, 0.15) is 0 Å². The number of halogens is 1. The average molecular weight is 324 g/mol. The number of hydrogen-bond donors (Lipinski definition) is 2. The molecule has 7 heteroatoms. The van der Waals surface area contributed by atoms with Gasteiger partial charge in [0.25, 0.3) is 11.3 Å². The quantitative estimate of drug-likeness (QED) is 0.750. The number of hydrogen-bond acceptors (Lipinski definition) is 4. The van der Waals surface area contributed by atoms with Gasteiger partial charge in [0.15, 0.2) is 4.73 Å². The molecule has 19 heavy (non-hydrogen) atoms. The van der Waals surface area contributed by atoms with Crippen LogP contribution in [-0.2, 0) is 11.8 Å². The van der Waals surface area contributed by atoms with Gasteiger partial charge in [-0.3, -0.25) is 9.89 Å². The lowest BCUT2D eigenvalue weighted by Gasteiger charge is -2.33. The summed E-state index contributed by atoms with van der Waals surface area (Å²) >= 11 is 3.26. The molecule has 0 amide bonds. The number of H-pyrrole nitrogens is 1. The SMILES string of the molecule is O=c1c2c(nc3nc(Br)[nH]n13)CCC21CCNCC1. The zero-order chi connectivity index (χ0) is 13.0. The predicted molar refractivity (Wildman–Crippen MR) is 73.4 cm³/mol. The maximum absolute atomic E-state index is 12.7. The van der Waals surface area contributed by atoms with E-state index in [0.29, 0.717) is 10.5 Å². The van der Waals surface area contributed by atoms with Crippen LogP contribution in [0.4, 0.5) is 0 Å². The van der Waals surface area contributed by atoms with Gasteiger partial charge in [0.2, 0.25) is 0 Å². The molecule has 1 fully saturated rings. The normalized spacial score (nSPS) is 21.1. The van der Waals surface area contributed by atoms with Crippen molar-refractivity contribution < 1.29 is 0 Å². The third-order valence-electron chi connectivity index (χ3n) is 4.47. The van der Waals surface area contributed by atoms with Crippen LogP contribution < -0.4 is 10.9 Å². The molecule has 0 radical (unpaired) electrons. The Hall–Kier alpha value is -1.21. The van der Waals surface area contributed by atoms with Crippen molar-refractivity contribution in [1.82, 2.24) is 24.9 Å². The summed E-state index contributed by atoms with van der Waals surface area (Å²) in [7, 11) is 0. The summed E-state index contributed by atoms with van der Waals surface area (Å²) in [5.74, 6) is 0.460. The van der Waals surface area contributed by atoms with Gasteiger partial charge < -0.3 is 5.32 Å². The highest BCUT2D eigenvalue weighted by Crippen LogP contribution is 2.42. The highest BCUT2D eigenvalue weighted by atomic mass is 79.9. The number of aryl methyl sites for hydroxylation is 1. The van der Waals surface area contributed by atoms with Crippen LogP contribution in [0.15, 0.2) is 9.53 Å². The number of nitrogens with zero attached hydrogens (tertiary/aromatic N) is 3. The van der Waals surface area contributed by atoms with E-state index in [0.717, 1.165) is 50.0 Å². The first-order valence-corrected chi connectivity index (χ1v) is 7.37. The van der Waals surface area contributed by atoms with E-state index in [4.69, 9.17) is 0 Å². The zero-order valence-electron chi connectivity index (χ0n) is 10.4. The van der Waals surface area contributed by atoms with Crippen LogP contribution in [0.3, 0.4) is 0 Å². The van der Waals surface area contributed by atoms with E-state index in [9.17, 15) is 4.79 Å². The van der Waals surface area contributed by atoms with Crippen molar-refractivity contribution in [2.75, 3.05) is 13.1 Å². The fourth-order valence-electron chi connectivity index (χ4n) is 3.54. The van der Waals surface area contributed by atoms with Crippen molar-refractivity contribution >= 4 is 21.7 Å². The number of nitrogens with one attached hydrogen (secondary N) is 2.